The molecule has 0 aliphatic carbocycles. The molecule has 1 aromatic rings. The maximum absolute atomic E-state index is 12.4. The highest BCUT2D eigenvalue weighted by molar-refractivity contribution is 7.91. The Labute approximate surface area is 127 Å². The molecular weight excluding hydrogens is 323 g/mol. The molecule has 1 atom stereocenters. The highest BCUT2D eigenvalue weighted by Crippen LogP contribution is 2.30. The molecule has 1 saturated heterocycles. The zero-order valence-corrected chi connectivity index (χ0v) is 13.1. The number of carbonyl (C=O) groups is 1. The molecule has 110 valence electrons. The zero-order chi connectivity index (χ0) is 15.1. The molecule has 2 N–H and O–H groups in total. The Hall–Kier alpha value is -0.980. The molecule has 0 radical (unpaired) electrons. The van der Waals surface area contributed by atoms with Gasteiger partial charge in [0.05, 0.1) is 27.1 Å². The van der Waals surface area contributed by atoms with Crippen LogP contribution in [0.3, 0.4) is 0 Å². The predicted molar refractivity (Wildman–Crippen MR) is 80.0 cm³/mol. The number of nitrogens with two attached hydrogens (primary N) is 1. The van der Waals surface area contributed by atoms with Crippen molar-refractivity contribution in [2.45, 2.75) is 12.5 Å². The number of halogens is 2. The summed E-state index contributed by atoms with van der Waals surface area (Å²) >= 11 is 11.9. The van der Waals surface area contributed by atoms with Gasteiger partial charge in [0.25, 0.3) is 5.91 Å². The largest absolute Gasteiger partial charge is 0.399 e. The molecule has 1 aliphatic heterocycles. The average Bonchev–Trinajstić information content (AvgIpc) is 2.72. The highest BCUT2D eigenvalue weighted by atomic mass is 35.5. The Balaban J connectivity index is 2.28. The van der Waals surface area contributed by atoms with Crippen LogP contribution in [-0.4, -0.2) is 43.8 Å². The molecule has 5 nitrogen and oxygen atoms in total. The maximum atomic E-state index is 12.4. The summed E-state index contributed by atoms with van der Waals surface area (Å²) in [5.41, 5.74) is 6.17. The molecule has 20 heavy (non-hydrogen) atoms. The van der Waals surface area contributed by atoms with E-state index in [4.69, 9.17) is 28.9 Å². The van der Waals surface area contributed by atoms with Gasteiger partial charge in [-0.3, -0.25) is 4.79 Å². The third-order valence-electron chi connectivity index (χ3n) is 3.36. The van der Waals surface area contributed by atoms with Gasteiger partial charge in [0.15, 0.2) is 9.84 Å². The van der Waals surface area contributed by atoms with Crippen molar-refractivity contribution in [3.8, 4) is 0 Å². The fraction of sp³-hybridized carbons (Fsp3) is 0.417. The number of hydrogen-bond donors (Lipinski definition) is 1. The minimum absolute atomic E-state index is 0.0249. The van der Waals surface area contributed by atoms with E-state index in [1.54, 1.807) is 7.05 Å². The summed E-state index contributed by atoms with van der Waals surface area (Å²) in [5, 5.41) is 0.320. The summed E-state index contributed by atoms with van der Waals surface area (Å²) in [7, 11) is -1.50. The summed E-state index contributed by atoms with van der Waals surface area (Å²) in [4.78, 5) is 13.8. The van der Waals surface area contributed by atoms with E-state index in [0.29, 0.717) is 12.1 Å². The fourth-order valence-electron chi connectivity index (χ4n) is 2.20. The van der Waals surface area contributed by atoms with Gasteiger partial charge in [-0.25, -0.2) is 8.42 Å². The molecule has 1 unspecified atom stereocenters. The lowest BCUT2D eigenvalue weighted by Crippen LogP contribution is -2.38. The van der Waals surface area contributed by atoms with Gasteiger partial charge in [-0.05, 0) is 18.6 Å². The van der Waals surface area contributed by atoms with Crippen LogP contribution < -0.4 is 5.73 Å². The second-order valence-corrected chi connectivity index (χ2v) is 7.85. The third kappa shape index (κ3) is 3.02. The van der Waals surface area contributed by atoms with Crippen LogP contribution in [0.15, 0.2) is 12.1 Å². The standard InChI is InChI=1S/C12H14Cl2N2O3S/c1-16(8-2-3-20(18,19)6-8)12(17)9-4-7(15)5-10(13)11(9)14/h4-5,8H,2-3,6,15H2,1H3. The summed E-state index contributed by atoms with van der Waals surface area (Å²) < 4.78 is 22.9. The molecule has 1 aliphatic rings. The van der Waals surface area contributed by atoms with Crippen LogP contribution in [0.4, 0.5) is 5.69 Å². The van der Waals surface area contributed by atoms with Crippen molar-refractivity contribution in [3.63, 3.8) is 0 Å². The monoisotopic (exact) mass is 336 g/mol. The fourth-order valence-corrected chi connectivity index (χ4v) is 4.39. The van der Waals surface area contributed by atoms with Gasteiger partial charge in [0, 0.05) is 18.8 Å². The highest BCUT2D eigenvalue weighted by Gasteiger charge is 2.33. The van der Waals surface area contributed by atoms with Crippen LogP contribution in [0.2, 0.25) is 10.0 Å². The number of benzene rings is 1. The van der Waals surface area contributed by atoms with Crippen LogP contribution in [0.25, 0.3) is 0 Å². The van der Waals surface area contributed by atoms with Gasteiger partial charge in [-0.1, -0.05) is 23.2 Å². The first-order chi connectivity index (χ1) is 9.21. The molecule has 0 bridgehead atoms. The predicted octanol–water partition coefficient (Wildman–Crippen LogP) is 1.83. The molecule has 1 fully saturated rings. The Morgan fingerprint density at radius 3 is 2.60 bits per heavy atom. The number of anilines is 1. The molecule has 0 aromatic heterocycles. The molecule has 1 heterocycles. The van der Waals surface area contributed by atoms with Crippen molar-refractivity contribution in [3.05, 3.63) is 27.7 Å². The Kier molecular flexibility index (Phi) is 4.18. The quantitative estimate of drug-likeness (QED) is 0.835. The molecular formula is C12H14Cl2N2O3S. The van der Waals surface area contributed by atoms with E-state index < -0.39 is 9.84 Å². The minimum Gasteiger partial charge on any atom is -0.399 e. The van der Waals surface area contributed by atoms with Crippen molar-refractivity contribution >= 4 is 44.6 Å². The third-order valence-corrected chi connectivity index (χ3v) is 5.91. The summed E-state index contributed by atoms with van der Waals surface area (Å²) in [6, 6.07) is 2.56. The number of hydrogen-bond acceptors (Lipinski definition) is 4. The molecule has 8 heteroatoms. The second-order valence-electron chi connectivity index (χ2n) is 4.84. The number of amides is 1. The summed E-state index contributed by atoms with van der Waals surface area (Å²) in [6.07, 6.45) is 0.429. The van der Waals surface area contributed by atoms with Gasteiger partial charge in [0.2, 0.25) is 0 Å². The molecule has 2 rings (SSSR count). The van der Waals surface area contributed by atoms with E-state index >= 15 is 0 Å². The normalized spacial score (nSPS) is 20.9. The van der Waals surface area contributed by atoms with Crippen molar-refractivity contribution in [2.24, 2.45) is 0 Å². The van der Waals surface area contributed by atoms with E-state index in [0.717, 1.165) is 0 Å². The minimum atomic E-state index is -3.06. The van der Waals surface area contributed by atoms with E-state index in [1.807, 2.05) is 0 Å². The summed E-state index contributed by atoms with van der Waals surface area (Å²) in [5.74, 6) is -0.310. The van der Waals surface area contributed by atoms with Gasteiger partial charge >= 0.3 is 0 Å². The summed E-state index contributed by atoms with van der Waals surface area (Å²) in [6.45, 7) is 0. The van der Waals surface area contributed by atoms with Gasteiger partial charge in [0.1, 0.15) is 0 Å². The van der Waals surface area contributed by atoms with Crippen LogP contribution in [0, 0.1) is 0 Å². The first-order valence-electron chi connectivity index (χ1n) is 5.93. The van der Waals surface area contributed by atoms with E-state index in [9.17, 15) is 13.2 Å². The van der Waals surface area contributed by atoms with E-state index in [2.05, 4.69) is 0 Å². The SMILES string of the molecule is CN(C(=O)c1cc(N)cc(Cl)c1Cl)C1CCS(=O)(=O)C1. The van der Waals surface area contributed by atoms with E-state index in [1.165, 1.54) is 17.0 Å². The maximum Gasteiger partial charge on any atom is 0.255 e. The first kappa shape index (κ1) is 15.4. The Morgan fingerprint density at radius 1 is 1.40 bits per heavy atom. The average molecular weight is 337 g/mol. The molecule has 1 aromatic carbocycles. The van der Waals surface area contributed by atoms with Crippen LogP contribution in [0.1, 0.15) is 16.8 Å². The number of nitrogens with zero attached hydrogens (tertiary/aromatic N) is 1. The molecule has 1 amide bonds. The lowest BCUT2D eigenvalue weighted by Gasteiger charge is -2.24. The second kappa shape index (κ2) is 5.42. The van der Waals surface area contributed by atoms with E-state index in [-0.39, 0.29) is 39.1 Å². The van der Waals surface area contributed by atoms with Crippen LogP contribution >= 0.6 is 23.2 Å². The van der Waals surface area contributed by atoms with Gasteiger partial charge in [-0.2, -0.15) is 0 Å². The van der Waals surface area contributed by atoms with Crippen molar-refractivity contribution in [1.29, 1.82) is 0 Å². The number of carbonyl (C=O) groups excluding carboxylic acids is 1. The first-order valence-corrected chi connectivity index (χ1v) is 8.51. The lowest BCUT2D eigenvalue weighted by molar-refractivity contribution is 0.0748. The number of sulfone groups is 1. The van der Waals surface area contributed by atoms with Crippen LogP contribution in [-0.2, 0) is 9.84 Å². The molecule has 0 spiro atoms. The van der Waals surface area contributed by atoms with Crippen LogP contribution in [0.5, 0.6) is 0 Å². The topological polar surface area (TPSA) is 80.5 Å². The Bertz CT molecular complexity index is 661. The van der Waals surface area contributed by atoms with Crippen molar-refractivity contribution in [2.75, 3.05) is 24.3 Å². The zero-order valence-electron chi connectivity index (χ0n) is 10.8. The van der Waals surface area contributed by atoms with Crippen molar-refractivity contribution < 1.29 is 13.2 Å². The molecule has 0 saturated carbocycles. The number of nitrogen functional groups attached to an aromatic ring is 1. The lowest BCUT2D eigenvalue weighted by atomic mass is 10.1. The van der Waals surface area contributed by atoms with Gasteiger partial charge in [-0.15, -0.1) is 0 Å². The van der Waals surface area contributed by atoms with Gasteiger partial charge < -0.3 is 10.6 Å². The smallest absolute Gasteiger partial charge is 0.255 e. The number of rotatable bonds is 2. The Morgan fingerprint density at radius 2 is 2.05 bits per heavy atom. The van der Waals surface area contributed by atoms with Crippen molar-refractivity contribution in [1.82, 2.24) is 4.90 Å².